The summed E-state index contributed by atoms with van der Waals surface area (Å²) in [4.78, 5) is 4.54. The number of benzene rings is 2. The molecule has 0 spiro atoms. The van der Waals surface area contributed by atoms with Gasteiger partial charge >= 0.3 is 0 Å². The first-order valence-electron chi connectivity index (χ1n) is 8.76. The molecule has 0 fully saturated rings. The molecule has 0 amide bonds. The van der Waals surface area contributed by atoms with Crippen LogP contribution in [0.3, 0.4) is 0 Å². The molecule has 0 aliphatic carbocycles. The van der Waals surface area contributed by atoms with Gasteiger partial charge in [-0.25, -0.2) is 0 Å². The predicted molar refractivity (Wildman–Crippen MR) is 122 cm³/mol. The van der Waals surface area contributed by atoms with Gasteiger partial charge in [-0.2, -0.15) is 0 Å². The minimum Gasteiger partial charge on any atom is -0.396 e. The number of hydrogen-bond donors (Lipinski definition) is 4. The maximum atomic E-state index is 10.4. The van der Waals surface area contributed by atoms with Gasteiger partial charge in [-0.1, -0.05) is 60.1 Å². The Bertz CT molecular complexity index is 701. The van der Waals surface area contributed by atoms with Crippen molar-refractivity contribution in [1.82, 2.24) is 10.6 Å². The molecule has 2 aromatic rings. The zero-order valence-corrected chi connectivity index (χ0v) is 18.4. The molecule has 0 aromatic heterocycles. The zero-order valence-electron chi connectivity index (χ0n) is 15.3. The third kappa shape index (κ3) is 7.65. The number of nitrogens with zero attached hydrogens (tertiary/aromatic N) is 1. The highest BCUT2D eigenvalue weighted by Gasteiger charge is 2.13. The van der Waals surface area contributed by atoms with Crippen molar-refractivity contribution in [3.8, 4) is 0 Å². The highest BCUT2D eigenvalue weighted by Crippen LogP contribution is 2.21. The molecule has 5 nitrogen and oxygen atoms in total. The number of aliphatic imine (C=N–C) groups is 1. The lowest BCUT2D eigenvalue weighted by Gasteiger charge is -2.18. The van der Waals surface area contributed by atoms with Crippen molar-refractivity contribution in [2.24, 2.45) is 4.99 Å². The fourth-order valence-corrected chi connectivity index (χ4v) is 2.85. The summed E-state index contributed by atoms with van der Waals surface area (Å²) in [6.07, 6.45) is -0.740. The Hall–Kier alpha value is -1.35. The number of aliphatic hydroxyl groups is 2. The molecule has 0 bridgehead atoms. The molecule has 0 aliphatic rings. The molecule has 0 saturated carbocycles. The fourth-order valence-electron chi connectivity index (χ4n) is 2.59. The predicted octanol–water partition coefficient (Wildman–Crippen LogP) is 3.32. The molecular formula is C20H27ClIN3O2. The second kappa shape index (κ2) is 12.9. The minimum absolute atomic E-state index is 0. The van der Waals surface area contributed by atoms with Crippen LogP contribution in [0, 0.1) is 0 Å². The molecule has 2 rings (SSSR count). The SMILES string of the molecule is CCNC(=NCC(CO)c1ccccc1)NCC(O)c1ccccc1Cl.I. The Morgan fingerprint density at radius 1 is 1.07 bits per heavy atom. The molecule has 0 heterocycles. The Kier molecular flexibility index (Phi) is 11.3. The van der Waals surface area contributed by atoms with Gasteiger partial charge in [0.2, 0.25) is 0 Å². The molecule has 7 heteroatoms. The summed E-state index contributed by atoms with van der Waals surface area (Å²) in [6.45, 7) is 3.42. The summed E-state index contributed by atoms with van der Waals surface area (Å²) >= 11 is 6.12. The van der Waals surface area contributed by atoms with Crippen LogP contribution in [0.2, 0.25) is 5.02 Å². The van der Waals surface area contributed by atoms with E-state index in [4.69, 9.17) is 11.6 Å². The monoisotopic (exact) mass is 503 g/mol. The number of guanidine groups is 1. The van der Waals surface area contributed by atoms with Crippen LogP contribution < -0.4 is 10.6 Å². The summed E-state index contributed by atoms with van der Waals surface area (Å²) in [6, 6.07) is 17.0. The fraction of sp³-hybridized carbons (Fsp3) is 0.350. The summed E-state index contributed by atoms with van der Waals surface area (Å²) in [5.74, 6) is 0.521. The van der Waals surface area contributed by atoms with Gasteiger partial charge in [0.05, 0.1) is 19.3 Å². The summed E-state index contributed by atoms with van der Waals surface area (Å²) < 4.78 is 0. The van der Waals surface area contributed by atoms with Crippen molar-refractivity contribution >= 4 is 41.5 Å². The standard InChI is InChI=1S/C20H26ClN3O2.HI/c1-2-22-20(23-12-16(14-25)15-8-4-3-5-9-15)24-13-19(26)17-10-6-7-11-18(17)21;/h3-11,16,19,25-26H,2,12-14H2,1H3,(H2,22,23,24);1H. The van der Waals surface area contributed by atoms with E-state index < -0.39 is 6.10 Å². The average molecular weight is 504 g/mol. The first-order valence-corrected chi connectivity index (χ1v) is 9.14. The molecule has 2 atom stereocenters. The van der Waals surface area contributed by atoms with Crippen molar-refractivity contribution < 1.29 is 10.2 Å². The van der Waals surface area contributed by atoms with Crippen LogP contribution in [0.1, 0.15) is 30.1 Å². The van der Waals surface area contributed by atoms with Crippen LogP contribution in [-0.2, 0) is 0 Å². The maximum Gasteiger partial charge on any atom is 0.191 e. The van der Waals surface area contributed by atoms with E-state index in [1.165, 1.54) is 0 Å². The normalized spacial score (nSPS) is 13.4. The third-order valence-electron chi connectivity index (χ3n) is 4.03. The minimum atomic E-state index is -0.740. The van der Waals surface area contributed by atoms with E-state index >= 15 is 0 Å². The van der Waals surface area contributed by atoms with E-state index in [0.717, 1.165) is 5.56 Å². The lowest BCUT2D eigenvalue weighted by molar-refractivity contribution is 0.181. The lowest BCUT2D eigenvalue weighted by atomic mass is 10.0. The van der Waals surface area contributed by atoms with Crippen molar-refractivity contribution in [3.05, 3.63) is 70.7 Å². The zero-order chi connectivity index (χ0) is 18.8. The van der Waals surface area contributed by atoms with E-state index in [2.05, 4.69) is 15.6 Å². The van der Waals surface area contributed by atoms with Gasteiger partial charge in [0.15, 0.2) is 5.96 Å². The van der Waals surface area contributed by atoms with E-state index in [1.54, 1.807) is 12.1 Å². The van der Waals surface area contributed by atoms with Crippen LogP contribution in [0.25, 0.3) is 0 Å². The molecule has 0 radical (unpaired) electrons. The molecule has 2 unspecified atom stereocenters. The van der Waals surface area contributed by atoms with Crippen LogP contribution in [0.4, 0.5) is 0 Å². The van der Waals surface area contributed by atoms with Crippen LogP contribution in [-0.4, -0.2) is 42.4 Å². The van der Waals surface area contributed by atoms with Crippen LogP contribution in [0.15, 0.2) is 59.6 Å². The number of rotatable bonds is 8. The lowest BCUT2D eigenvalue weighted by Crippen LogP contribution is -2.39. The number of nitrogens with one attached hydrogen (secondary N) is 2. The molecule has 2 aromatic carbocycles. The number of hydrogen-bond acceptors (Lipinski definition) is 3. The summed E-state index contributed by atoms with van der Waals surface area (Å²) in [5.41, 5.74) is 1.72. The highest BCUT2D eigenvalue weighted by atomic mass is 127. The second-order valence-electron chi connectivity index (χ2n) is 5.93. The van der Waals surface area contributed by atoms with E-state index in [1.807, 2.05) is 49.4 Å². The number of halogens is 2. The third-order valence-corrected chi connectivity index (χ3v) is 4.38. The maximum absolute atomic E-state index is 10.4. The van der Waals surface area contributed by atoms with Gasteiger partial charge in [-0.3, -0.25) is 4.99 Å². The van der Waals surface area contributed by atoms with Gasteiger partial charge in [0, 0.05) is 29.6 Å². The largest absolute Gasteiger partial charge is 0.396 e. The Labute approximate surface area is 182 Å². The molecule has 0 aliphatic heterocycles. The van der Waals surface area contributed by atoms with Crippen LogP contribution in [0.5, 0.6) is 0 Å². The highest BCUT2D eigenvalue weighted by molar-refractivity contribution is 14.0. The first-order chi connectivity index (χ1) is 12.7. The topological polar surface area (TPSA) is 76.9 Å². The summed E-state index contributed by atoms with van der Waals surface area (Å²) in [5, 5.41) is 26.8. The van der Waals surface area contributed by atoms with E-state index in [9.17, 15) is 10.2 Å². The molecule has 0 saturated heterocycles. The van der Waals surface area contributed by atoms with Gasteiger partial charge in [-0.05, 0) is 18.6 Å². The smallest absolute Gasteiger partial charge is 0.191 e. The quantitative estimate of drug-likeness (QED) is 0.253. The Balaban J connectivity index is 0.00000364. The van der Waals surface area contributed by atoms with Crippen molar-refractivity contribution in [3.63, 3.8) is 0 Å². The Morgan fingerprint density at radius 2 is 1.74 bits per heavy atom. The van der Waals surface area contributed by atoms with Crippen molar-refractivity contribution in [2.75, 3.05) is 26.2 Å². The summed E-state index contributed by atoms with van der Waals surface area (Å²) in [7, 11) is 0. The van der Waals surface area contributed by atoms with Crippen molar-refractivity contribution in [1.29, 1.82) is 0 Å². The van der Waals surface area contributed by atoms with Gasteiger partial charge in [-0.15, -0.1) is 24.0 Å². The Morgan fingerprint density at radius 3 is 2.37 bits per heavy atom. The van der Waals surface area contributed by atoms with Gasteiger partial charge < -0.3 is 20.8 Å². The van der Waals surface area contributed by atoms with E-state index in [0.29, 0.717) is 29.6 Å². The first kappa shape index (κ1) is 23.7. The second-order valence-corrected chi connectivity index (χ2v) is 6.34. The van der Waals surface area contributed by atoms with Gasteiger partial charge in [0.25, 0.3) is 0 Å². The van der Waals surface area contributed by atoms with Crippen LogP contribution >= 0.6 is 35.6 Å². The average Bonchev–Trinajstić information content (AvgIpc) is 2.67. The molecule has 148 valence electrons. The number of aliphatic hydroxyl groups excluding tert-OH is 2. The van der Waals surface area contributed by atoms with Crippen molar-refractivity contribution in [2.45, 2.75) is 18.9 Å². The molecule has 27 heavy (non-hydrogen) atoms. The molecular weight excluding hydrogens is 477 g/mol. The van der Waals surface area contributed by atoms with Gasteiger partial charge in [0.1, 0.15) is 0 Å². The molecule has 4 N–H and O–H groups in total. The van der Waals surface area contributed by atoms with E-state index in [-0.39, 0.29) is 43.0 Å².